The number of aromatic amines is 1. The van der Waals surface area contributed by atoms with Gasteiger partial charge in [0, 0.05) is 24.1 Å². The molecule has 0 amide bonds. The van der Waals surface area contributed by atoms with Crippen molar-refractivity contribution in [1.29, 1.82) is 0 Å². The third kappa shape index (κ3) is 2.12. The lowest BCUT2D eigenvalue weighted by Crippen LogP contribution is -2.34. The van der Waals surface area contributed by atoms with E-state index in [0.29, 0.717) is 6.42 Å². The summed E-state index contributed by atoms with van der Waals surface area (Å²) in [6.07, 6.45) is 0.610. The van der Waals surface area contributed by atoms with Gasteiger partial charge in [0.15, 0.2) is 0 Å². The largest absolute Gasteiger partial charge is 0.396 e. The van der Waals surface area contributed by atoms with Gasteiger partial charge in [-0.25, -0.2) is 4.79 Å². The smallest absolute Gasteiger partial charge is 0.330 e. The van der Waals surface area contributed by atoms with Crippen molar-refractivity contribution >= 4 is 0 Å². The molecule has 1 saturated heterocycles. The lowest BCUT2D eigenvalue weighted by atomic mass is 9.84. The molecule has 0 aromatic carbocycles. The molecule has 0 spiro atoms. The van der Waals surface area contributed by atoms with E-state index in [1.165, 1.54) is 16.8 Å². The maximum atomic E-state index is 11.6. The summed E-state index contributed by atoms with van der Waals surface area (Å²) in [6.45, 7) is 1.41. The Morgan fingerprint density at radius 2 is 2.28 bits per heavy atom. The first-order chi connectivity index (χ1) is 8.50. The summed E-state index contributed by atoms with van der Waals surface area (Å²) in [5.74, 6) is 0. The van der Waals surface area contributed by atoms with E-state index in [4.69, 9.17) is 4.74 Å². The highest BCUT2D eigenvalue weighted by atomic mass is 16.5. The highest BCUT2D eigenvalue weighted by Gasteiger charge is 2.45. The Hall–Kier alpha value is -1.44. The van der Waals surface area contributed by atoms with E-state index in [1.807, 2.05) is 0 Å². The predicted molar refractivity (Wildman–Crippen MR) is 62.1 cm³/mol. The minimum atomic E-state index is -0.602. The van der Waals surface area contributed by atoms with Crippen LogP contribution < -0.4 is 11.2 Å². The monoisotopic (exact) mass is 256 g/mol. The molecule has 0 unspecified atom stereocenters. The van der Waals surface area contributed by atoms with E-state index in [9.17, 15) is 19.8 Å². The lowest BCUT2D eigenvalue weighted by molar-refractivity contribution is -0.0541. The van der Waals surface area contributed by atoms with E-state index >= 15 is 0 Å². The molecule has 0 saturated carbocycles. The fourth-order valence-corrected chi connectivity index (χ4v) is 2.18. The summed E-state index contributed by atoms with van der Waals surface area (Å²) in [5, 5.41) is 18.6. The Kier molecular flexibility index (Phi) is 3.38. The van der Waals surface area contributed by atoms with Crippen molar-refractivity contribution in [3.8, 4) is 0 Å². The van der Waals surface area contributed by atoms with Gasteiger partial charge in [-0.2, -0.15) is 0 Å². The number of aromatic nitrogens is 2. The van der Waals surface area contributed by atoms with Gasteiger partial charge < -0.3 is 14.9 Å². The van der Waals surface area contributed by atoms with Crippen molar-refractivity contribution in [2.45, 2.75) is 25.7 Å². The summed E-state index contributed by atoms with van der Waals surface area (Å²) in [4.78, 5) is 24.7. The molecular weight excluding hydrogens is 240 g/mol. The summed E-state index contributed by atoms with van der Waals surface area (Å²) < 4.78 is 6.81. The number of rotatable bonds is 3. The number of aliphatic hydroxyl groups is 2. The average Bonchev–Trinajstić information content (AvgIpc) is 2.67. The minimum absolute atomic E-state index is 0.146. The molecule has 3 N–H and O–H groups in total. The van der Waals surface area contributed by atoms with Crippen molar-refractivity contribution in [2.75, 3.05) is 13.2 Å². The number of H-pyrrole nitrogens is 1. The minimum Gasteiger partial charge on any atom is -0.396 e. The van der Waals surface area contributed by atoms with E-state index in [0.717, 1.165) is 0 Å². The van der Waals surface area contributed by atoms with Gasteiger partial charge in [-0.15, -0.1) is 0 Å². The molecule has 7 nitrogen and oxygen atoms in total. The van der Waals surface area contributed by atoms with Crippen LogP contribution in [0.3, 0.4) is 0 Å². The van der Waals surface area contributed by atoms with Gasteiger partial charge in [0.1, 0.15) is 6.23 Å². The van der Waals surface area contributed by atoms with E-state index < -0.39 is 29.0 Å². The first-order valence-corrected chi connectivity index (χ1v) is 5.69. The zero-order valence-electron chi connectivity index (χ0n) is 10.00. The van der Waals surface area contributed by atoms with Crippen molar-refractivity contribution < 1.29 is 14.9 Å². The van der Waals surface area contributed by atoms with Crippen molar-refractivity contribution in [2.24, 2.45) is 5.41 Å². The van der Waals surface area contributed by atoms with Gasteiger partial charge in [-0.3, -0.25) is 14.3 Å². The van der Waals surface area contributed by atoms with E-state index in [2.05, 4.69) is 4.98 Å². The molecule has 3 atom stereocenters. The van der Waals surface area contributed by atoms with E-state index in [1.54, 1.807) is 6.92 Å². The van der Waals surface area contributed by atoms with E-state index in [-0.39, 0.29) is 13.2 Å². The fraction of sp³-hybridized carbons (Fsp3) is 0.636. The Bertz CT molecular complexity index is 537. The van der Waals surface area contributed by atoms with Gasteiger partial charge in [0.2, 0.25) is 0 Å². The first-order valence-electron chi connectivity index (χ1n) is 5.69. The fourth-order valence-electron chi connectivity index (χ4n) is 2.18. The van der Waals surface area contributed by atoms with Crippen LogP contribution in [0.1, 0.15) is 19.6 Å². The molecule has 1 fully saturated rings. The number of nitrogens with zero attached hydrogens (tertiary/aromatic N) is 1. The molecule has 7 heteroatoms. The van der Waals surface area contributed by atoms with Crippen molar-refractivity contribution in [3.63, 3.8) is 0 Å². The molecule has 100 valence electrons. The van der Waals surface area contributed by atoms with Crippen LogP contribution in [-0.2, 0) is 4.74 Å². The zero-order chi connectivity index (χ0) is 13.3. The molecule has 0 bridgehead atoms. The van der Waals surface area contributed by atoms with Crippen LogP contribution in [0.5, 0.6) is 0 Å². The summed E-state index contributed by atoms with van der Waals surface area (Å²) in [7, 11) is 0. The van der Waals surface area contributed by atoms with Gasteiger partial charge in [-0.05, 0) is 0 Å². The van der Waals surface area contributed by atoms with Gasteiger partial charge in [0.05, 0.1) is 19.3 Å². The van der Waals surface area contributed by atoms with Crippen LogP contribution >= 0.6 is 0 Å². The molecule has 0 radical (unpaired) electrons. The summed E-state index contributed by atoms with van der Waals surface area (Å²) >= 11 is 0. The average molecular weight is 256 g/mol. The third-order valence-corrected chi connectivity index (χ3v) is 3.43. The number of nitrogens with one attached hydrogen (secondary N) is 1. The van der Waals surface area contributed by atoms with Crippen LogP contribution in [0.2, 0.25) is 0 Å². The van der Waals surface area contributed by atoms with Crippen LogP contribution in [0.25, 0.3) is 0 Å². The van der Waals surface area contributed by atoms with Gasteiger partial charge >= 0.3 is 5.69 Å². The summed E-state index contributed by atoms with van der Waals surface area (Å²) in [6, 6.07) is 1.23. The molecular formula is C11H16N2O5. The zero-order valence-corrected chi connectivity index (χ0v) is 10.00. The maximum Gasteiger partial charge on any atom is 0.330 e. The third-order valence-electron chi connectivity index (χ3n) is 3.43. The van der Waals surface area contributed by atoms with Gasteiger partial charge in [0.25, 0.3) is 5.56 Å². The molecule has 2 heterocycles. The van der Waals surface area contributed by atoms with Crippen LogP contribution in [0, 0.1) is 5.41 Å². The Balaban J connectivity index is 2.32. The second kappa shape index (κ2) is 4.68. The number of aliphatic hydroxyl groups excluding tert-OH is 2. The number of hydrogen-bond donors (Lipinski definition) is 3. The SMILES string of the molecule is C[C@@]1(CO)C[C@H](n2ccc(=O)[nH]c2=O)O[C@@H]1CO. The van der Waals surface area contributed by atoms with Crippen molar-refractivity contribution in [3.05, 3.63) is 33.1 Å². The molecule has 0 aliphatic carbocycles. The Labute approximate surface area is 103 Å². The Morgan fingerprint density at radius 1 is 1.56 bits per heavy atom. The molecule has 1 aliphatic heterocycles. The normalized spacial score (nSPS) is 31.7. The predicted octanol–water partition coefficient (Wildman–Crippen LogP) is -1.18. The number of hydrogen-bond acceptors (Lipinski definition) is 5. The maximum absolute atomic E-state index is 11.6. The second-order valence-corrected chi connectivity index (χ2v) is 4.80. The highest BCUT2D eigenvalue weighted by molar-refractivity contribution is 4.93. The lowest BCUT2D eigenvalue weighted by Gasteiger charge is -2.25. The summed E-state index contributed by atoms with van der Waals surface area (Å²) in [5.41, 5.74) is -1.64. The van der Waals surface area contributed by atoms with Gasteiger partial charge in [-0.1, -0.05) is 6.92 Å². The molecule has 1 aliphatic rings. The second-order valence-electron chi connectivity index (χ2n) is 4.80. The van der Waals surface area contributed by atoms with Crippen LogP contribution in [-0.4, -0.2) is 39.1 Å². The Morgan fingerprint density at radius 3 is 2.78 bits per heavy atom. The highest BCUT2D eigenvalue weighted by Crippen LogP contribution is 2.41. The molecule has 1 aromatic heterocycles. The number of ether oxygens (including phenoxy) is 1. The van der Waals surface area contributed by atoms with Crippen molar-refractivity contribution in [1.82, 2.24) is 9.55 Å². The standard InChI is InChI=1S/C11H16N2O5/c1-11(6-15)4-9(18-7(11)5-14)13-3-2-8(16)12-10(13)17/h2-3,7,9,14-15H,4-6H2,1H3,(H,12,16,17)/t7-,9-,11+/m1/s1. The quantitative estimate of drug-likeness (QED) is 0.631. The topological polar surface area (TPSA) is 105 Å². The molecule has 1 aromatic rings. The molecule has 2 rings (SSSR count). The van der Waals surface area contributed by atoms with Crippen LogP contribution in [0.4, 0.5) is 0 Å². The first kappa shape index (κ1) is 13.0. The molecule has 18 heavy (non-hydrogen) atoms. The van der Waals surface area contributed by atoms with Crippen LogP contribution in [0.15, 0.2) is 21.9 Å².